The molecule has 11 heteroatoms. The van der Waals surface area contributed by atoms with E-state index in [0.29, 0.717) is 6.42 Å². The van der Waals surface area contributed by atoms with Gasteiger partial charge in [0.1, 0.15) is 12.2 Å². The molecule has 1 aromatic carbocycles. The number of rotatable bonds is 8. The van der Waals surface area contributed by atoms with Gasteiger partial charge in [0.05, 0.1) is 0 Å². The molecule has 22 heavy (non-hydrogen) atoms. The van der Waals surface area contributed by atoms with E-state index in [9.17, 15) is 16.8 Å². The van der Waals surface area contributed by atoms with Crippen molar-refractivity contribution in [1.29, 1.82) is 0 Å². The first kappa shape index (κ1) is 19.3. The number of nitrogens with two attached hydrogens (primary N) is 2. The second kappa shape index (κ2) is 7.68. The third-order valence-electron chi connectivity index (χ3n) is 2.62. The van der Waals surface area contributed by atoms with Crippen LogP contribution in [0.25, 0.3) is 0 Å². The van der Waals surface area contributed by atoms with Crippen LogP contribution in [-0.2, 0) is 29.0 Å². The fourth-order valence-electron chi connectivity index (χ4n) is 1.87. The minimum Gasteiger partial charge on any atom is -0.252 e. The zero-order chi connectivity index (χ0) is 17.0. The average Bonchev–Trinajstić information content (AvgIpc) is 2.34. The number of benzene rings is 1. The maximum atomic E-state index is 11.3. The Morgan fingerprint density at radius 3 is 2.09 bits per heavy atom. The van der Waals surface area contributed by atoms with Crippen molar-refractivity contribution in [1.82, 2.24) is 0 Å². The van der Waals surface area contributed by atoms with Crippen LogP contribution in [0, 0.1) is 0 Å². The fraction of sp³-hybridized carbons (Fsp3) is 0.455. The van der Waals surface area contributed by atoms with Gasteiger partial charge in [0, 0.05) is 10.6 Å². The smallest absolute Gasteiger partial charge is 0.252 e. The molecular weight excluding hydrogens is 356 g/mol. The third-order valence-corrected chi connectivity index (χ3v) is 3.95. The van der Waals surface area contributed by atoms with Crippen molar-refractivity contribution in [2.24, 2.45) is 10.3 Å². The van der Waals surface area contributed by atoms with Crippen LogP contribution in [0.3, 0.4) is 0 Å². The van der Waals surface area contributed by atoms with Gasteiger partial charge in [0.2, 0.25) is 0 Å². The summed E-state index contributed by atoms with van der Waals surface area (Å²) in [5.74, 6) is 0. The second-order valence-electron chi connectivity index (χ2n) is 4.45. The van der Waals surface area contributed by atoms with Crippen LogP contribution in [0.1, 0.15) is 31.4 Å². The molecule has 4 N–H and O–H groups in total. The highest BCUT2D eigenvalue weighted by Gasteiger charge is 2.32. The predicted molar refractivity (Wildman–Crippen MR) is 81.3 cm³/mol. The molecule has 0 saturated carbocycles. The summed E-state index contributed by atoms with van der Waals surface area (Å²) in [7, 11) is -8.71. The predicted octanol–water partition coefficient (Wildman–Crippen LogP) is 0.990. The van der Waals surface area contributed by atoms with Gasteiger partial charge < -0.3 is 0 Å². The standard InChI is InChI=1S/C11H17ClN2O6S2/c1-2-5-10(19-21(13,15)16)11(20-22(14,17)18)8-6-3-4-7-9(8)12/h3-4,6-7,10-11H,2,5H2,1H3,(H2,13,15,16)(H2,14,17,18)/t10-,11-/m0/s1. The number of halogens is 1. The van der Waals surface area contributed by atoms with Gasteiger partial charge in [-0.1, -0.05) is 43.1 Å². The molecule has 126 valence electrons. The van der Waals surface area contributed by atoms with E-state index in [0.717, 1.165) is 0 Å². The van der Waals surface area contributed by atoms with Crippen LogP contribution < -0.4 is 10.3 Å². The molecule has 1 aromatic rings. The molecule has 0 saturated heterocycles. The average molecular weight is 373 g/mol. The lowest BCUT2D eigenvalue weighted by Crippen LogP contribution is -2.33. The zero-order valence-corrected chi connectivity index (χ0v) is 14.1. The summed E-state index contributed by atoms with van der Waals surface area (Å²) in [6.45, 7) is 1.75. The van der Waals surface area contributed by atoms with Crippen LogP contribution in [0.5, 0.6) is 0 Å². The van der Waals surface area contributed by atoms with Gasteiger partial charge in [-0.05, 0) is 12.5 Å². The normalized spacial score (nSPS) is 15.5. The lowest BCUT2D eigenvalue weighted by molar-refractivity contribution is 0.0560. The molecule has 0 radical (unpaired) electrons. The lowest BCUT2D eigenvalue weighted by Gasteiger charge is -2.25. The summed E-state index contributed by atoms with van der Waals surface area (Å²) >= 11 is 6.01. The van der Waals surface area contributed by atoms with Crippen molar-refractivity contribution in [2.45, 2.75) is 32.0 Å². The molecular formula is C11H17ClN2O6S2. The lowest BCUT2D eigenvalue weighted by atomic mass is 10.0. The molecule has 0 aliphatic rings. The first-order valence-corrected chi connectivity index (χ1v) is 9.52. The Bertz CT molecular complexity index is 707. The SMILES string of the molecule is CCC[C@H](OS(N)(=O)=O)[C@@H](OS(N)(=O)=O)c1ccccc1Cl. The zero-order valence-electron chi connectivity index (χ0n) is 11.7. The Balaban J connectivity index is 3.30. The minimum absolute atomic E-state index is 0.155. The summed E-state index contributed by atoms with van der Waals surface area (Å²) < 4.78 is 54.5. The highest BCUT2D eigenvalue weighted by molar-refractivity contribution is 7.84. The van der Waals surface area contributed by atoms with E-state index in [2.05, 4.69) is 0 Å². The largest absolute Gasteiger partial charge is 0.333 e. The Kier molecular flexibility index (Phi) is 6.74. The topological polar surface area (TPSA) is 139 Å². The van der Waals surface area contributed by atoms with Crippen molar-refractivity contribution in [3.8, 4) is 0 Å². The highest BCUT2D eigenvalue weighted by Crippen LogP contribution is 2.32. The Morgan fingerprint density at radius 1 is 1.09 bits per heavy atom. The quantitative estimate of drug-likeness (QED) is 0.697. The van der Waals surface area contributed by atoms with E-state index in [4.69, 9.17) is 30.2 Å². The van der Waals surface area contributed by atoms with E-state index in [1.54, 1.807) is 19.1 Å². The van der Waals surface area contributed by atoms with Gasteiger partial charge in [-0.3, -0.25) is 4.18 Å². The molecule has 0 aliphatic heterocycles. The molecule has 0 bridgehead atoms. The first-order valence-electron chi connectivity index (χ1n) is 6.20. The van der Waals surface area contributed by atoms with E-state index >= 15 is 0 Å². The summed E-state index contributed by atoms with van der Waals surface area (Å²) in [6.07, 6.45) is -1.91. The maximum Gasteiger partial charge on any atom is 0.333 e. The summed E-state index contributed by atoms with van der Waals surface area (Å²) in [5, 5.41) is 9.93. The van der Waals surface area contributed by atoms with Gasteiger partial charge in [-0.15, -0.1) is 0 Å². The summed E-state index contributed by atoms with van der Waals surface area (Å²) in [6, 6.07) is 6.18. The molecule has 1 rings (SSSR count). The maximum absolute atomic E-state index is 11.3. The van der Waals surface area contributed by atoms with Crippen molar-refractivity contribution in [3.05, 3.63) is 34.9 Å². The Morgan fingerprint density at radius 2 is 1.64 bits per heavy atom. The van der Waals surface area contributed by atoms with Gasteiger partial charge in [0.15, 0.2) is 0 Å². The number of hydrogen-bond acceptors (Lipinski definition) is 6. The van der Waals surface area contributed by atoms with E-state index < -0.39 is 32.8 Å². The molecule has 8 nitrogen and oxygen atoms in total. The van der Waals surface area contributed by atoms with Crippen LogP contribution in [-0.4, -0.2) is 22.9 Å². The van der Waals surface area contributed by atoms with Crippen molar-refractivity contribution < 1.29 is 25.2 Å². The first-order chi connectivity index (χ1) is 10.0. The van der Waals surface area contributed by atoms with Gasteiger partial charge in [0.25, 0.3) is 0 Å². The van der Waals surface area contributed by atoms with E-state index in [1.807, 2.05) is 0 Å². The van der Waals surface area contributed by atoms with Gasteiger partial charge in [-0.2, -0.15) is 16.8 Å². The highest BCUT2D eigenvalue weighted by atomic mass is 35.5. The van der Waals surface area contributed by atoms with E-state index in [-0.39, 0.29) is 17.0 Å². The number of hydrogen-bond donors (Lipinski definition) is 2. The molecule has 0 unspecified atom stereocenters. The summed E-state index contributed by atoms with van der Waals surface area (Å²) in [4.78, 5) is 0. The van der Waals surface area contributed by atoms with Crippen molar-refractivity contribution in [3.63, 3.8) is 0 Å². The third kappa shape index (κ3) is 6.57. The molecule has 0 amide bonds. The van der Waals surface area contributed by atoms with E-state index in [1.165, 1.54) is 12.1 Å². The van der Waals surface area contributed by atoms with Crippen LogP contribution >= 0.6 is 11.6 Å². The molecule has 0 aliphatic carbocycles. The van der Waals surface area contributed by atoms with Crippen molar-refractivity contribution >= 4 is 32.2 Å². The minimum atomic E-state index is -4.38. The van der Waals surface area contributed by atoms with Crippen LogP contribution in [0.2, 0.25) is 5.02 Å². The monoisotopic (exact) mass is 372 g/mol. The molecule has 2 atom stereocenters. The molecule has 0 spiro atoms. The summed E-state index contributed by atoms with van der Waals surface area (Å²) in [5.41, 5.74) is 0.222. The van der Waals surface area contributed by atoms with Crippen LogP contribution in [0.4, 0.5) is 0 Å². The Hall–Kier alpha value is -0.750. The molecule has 0 heterocycles. The van der Waals surface area contributed by atoms with Crippen molar-refractivity contribution in [2.75, 3.05) is 0 Å². The second-order valence-corrected chi connectivity index (χ2v) is 7.21. The van der Waals surface area contributed by atoms with Gasteiger partial charge in [-0.25, -0.2) is 14.5 Å². The van der Waals surface area contributed by atoms with Crippen LogP contribution in [0.15, 0.2) is 24.3 Å². The Labute approximate surface area is 134 Å². The van der Waals surface area contributed by atoms with Gasteiger partial charge >= 0.3 is 20.6 Å². The molecule has 0 aromatic heterocycles. The molecule has 0 fully saturated rings. The fourth-order valence-corrected chi connectivity index (χ4v) is 3.17.